The second-order valence-corrected chi connectivity index (χ2v) is 13.3. The summed E-state index contributed by atoms with van der Waals surface area (Å²) in [5.41, 5.74) is 0. The van der Waals surface area contributed by atoms with E-state index in [1.165, 1.54) is 25.7 Å². The zero-order valence-corrected chi connectivity index (χ0v) is 28.1. The van der Waals surface area contributed by atoms with E-state index in [1.54, 1.807) is 0 Å². The average Bonchev–Trinajstić information content (AvgIpc) is 2.91. The molecule has 0 heterocycles. The molecule has 246 valence electrons. The zero-order chi connectivity index (χ0) is 31.5. The summed E-state index contributed by atoms with van der Waals surface area (Å²) in [6, 6.07) is 0. The van der Waals surface area contributed by atoms with Crippen molar-refractivity contribution in [2.75, 3.05) is 47.5 Å². The number of esters is 2. The van der Waals surface area contributed by atoms with Gasteiger partial charge in [0.25, 0.3) is 0 Å². The van der Waals surface area contributed by atoms with Crippen LogP contribution in [-0.2, 0) is 32.7 Å². The standard InChI is InChI=1S/C32H60NO8P/c1-6-8-10-11-12-13-14-15-16-17-18-19-20-21-23-25-32(35)41-30(28-38-31(34)24-22-9-7-2)29-40-42(36,37)39-27-26-33(3,4)5/h12-13,15-16,30H,6-11,14,17-29H2,1-5H3/p+1/b13-12-,16-15-/t30-/m1/s1. The van der Waals surface area contributed by atoms with Gasteiger partial charge in [-0.05, 0) is 44.9 Å². The Morgan fingerprint density at radius 3 is 1.93 bits per heavy atom. The maximum Gasteiger partial charge on any atom is 0.472 e. The fourth-order valence-electron chi connectivity index (χ4n) is 3.86. The zero-order valence-electron chi connectivity index (χ0n) is 27.2. The number of allylic oxidation sites excluding steroid dienone is 4. The summed E-state index contributed by atoms with van der Waals surface area (Å²) < 4.78 is 33.6. The molecule has 0 aromatic heterocycles. The van der Waals surface area contributed by atoms with E-state index in [1.807, 2.05) is 28.1 Å². The van der Waals surface area contributed by atoms with Gasteiger partial charge in [-0.1, -0.05) is 83.1 Å². The number of phosphoric acid groups is 1. The van der Waals surface area contributed by atoms with Gasteiger partial charge in [0.15, 0.2) is 6.10 Å². The van der Waals surface area contributed by atoms with Gasteiger partial charge in [0.1, 0.15) is 19.8 Å². The monoisotopic (exact) mass is 618 g/mol. The molecule has 0 amide bonds. The third-order valence-corrected chi connectivity index (χ3v) is 7.47. The normalized spacial score (nSPS) is 14.3. The number of ether oxygens (including phenoxy) is 2. The number of unbranched alkanes of at least 4 members (excludes halogenated alkanes) is 10. The first-order valence-corrected chi connectivity index (χ1v) is 17.6. The number of phosphoric ester groups is 1. The molecule has 0 aliphatic rings. The SMILES string of the molecule is CCCCC/C=C\C/C=C\CCCCCCCC(=O)O[C@H](COC(=O)CCCCC)COP(=O)(O)OCC[N+](C)(C)C. The fraction of sp³-hybridized carbons (Fsp3) is 0.812. The summed E-state index contributed by atoms with van der Waals surface area (Å²) in [6.07, 6.45) is 23.1. The molecule has 0 radical (unpaired) electrons. The Morgan fingerprint density at radius 1 is 0.738 bits per heavy atom. The quantitative estimate of drug-likeness (QED) is 0.0313. The number of quaternary nitrogens is 1. The smallest absolute Gasteiger partial charge is 0.462 e. The Hall–Kier alpha value is -1.51. The third-order valence-electron chi connectivity index (χ3n) is 6.48. The molecule has 0 aromatic rings. The Labute approximate surface area is 256 Å². The van der Waals surface area contributed by atoms with Crippen molar-refractivity contribution in [2.24, 2.45) is 0 Å². The summed E-state index contributed by atoms with van der Waals surface area (Å²) in [7, 11) is 1.46. The first-order valence-electron chi connectivity index (χ1n) is 16.1. The lowest BCUT2D eigenvalue weighted by Gasteiger charge is -2.24. The van der Waals surface area contributed by atoms with Crippen molar-refractivity contribution in [3.05, 3.63) is 24.3 Å². The molecular formula is C32H61NO8P+. The highest BCUT2D eigenvalue weighted by Gasteiger charge is 2.27. The highest BCUT2D eigenvalue weighted by molar-refractivity contribution is 7.47. The predicted octanol–water partition coefficient (Wildman–Crippen LogP) is 7.68. The predicted molar refractivity (Wildman–Crippen MR) is 169 cm³/mol. The Morgan fingerprint density at radius 2 is 1.29 bits per heavy atom. The van der Waals surface area contributed by atoms with Crippen LogP contribution < -0.4 is 0 Å². The highest BCUT2D eigenvalue weighted by atomic mass is 31.2. The van der Waals surface area contributed by atoms with Crippen LogP contribution in [0.25, 0.3) is 0 Å². The van der Waals surface area contributed by atoms with Crippen molar-refractivity contribution in [3.63, 3.8) is 0 Å². The van der Waals surface area contributed by atoms with E-state index >= 15 is 0 Å². The van der Waals surface area contributed by atoms with Crippen LogP contribution in [0.4, 0.5) is 0 Å². The van der Waals surface area contributed by atoms with E-state index in [0.29, 0.717) is 17.4 Å². The number of rotatable bonds is 28. The first-order chi connectivity index (χ1) is 20.0. The van der Waals surface area contributed by atoms with Gasteiger partial charge in [-0.25, -0.2) is 4.57 Å². The molecular weight excluding hydrogens is 557 g/mol. The molecule has 0 fully saturated rings. The van der Waals surface area contributed by atoms with Gasteiger partial charge >= 0.3 is 19.8 Å². The maximum absolute atomic E-state index is 12.5. The lowest BCUT2D eigenvalue weighted by atomic mass is 10.1. The van der Waals surface area contributed by atoms with E-state index in [2.05, 4.69) is 31.2 Å². The van der Waals surface area contributed by atoms with Gasteiger partial charge in [0.2, 0.25) is 0 Å². The van der Waals surface area contributed by atoms with Crippen LogP contribution in [0.2, 0.25) is 0 Å². The minimum absolute atomic E-state index is 0.0287. The van der Waals surface area contributed by atoms with Crippen LogP contribution in [0.5, 0.6) is 0 Å². The number of likely N-dealkylation sites (N-methyl/N-ethyl adjacent to an activating group) is 1. The van der Waals surface area contributed by atoms with Crippen molar-refractivity contribution in [2.45, 2.75) is 123 Å². The lowest BCUT2D eigenvalue weighted by Crippen LogP contribution is -2.37. The summed E-state index contributed by atoms with van der Waals surface area (Å²) in [6.45, 7) is 4.16. The number of hydrogen-bond acceptors (Lipinski definition) is 7. The Bertz CT molecular complexity index is 794. The first kappa shape index (κ1) is 40.5. The second-order valence-electron chi connectivity index (χ2n) is 11.8. The van der Waals surface area contributed by atoms with Gasteiger partial charge in [-0.3, -0.25) is 18.6 Å². The molecule has 10 heteroatoms. The Balaban J connectivity index is 4.37. The Kier molecular flexibility index (Phi) is 25.0. The molecule has 0 aliphatic carbocycles. The molecule has 9 nitrogen and oxygen atoms in total. The van der Waals surface area contributed by atoms with Gasteiger partial charge in [-0.2, -0.15) is 0 Å². The summed E-state index contributed by atoms with van der Waals surface area (Å²) >= 11 is 0. The molecule has 42 heavy (non-hydrogen) atoms. The molecule has 1 unspecified atom stereocenters. The van der Waals surface area contributed by atoms with Crippen LogP contribution in [0.3, 0.4) is 0 Å². The molecule has 0 rings (SSSR count). The molecule has 0 aromatic carbocycles. The van der Waals surface area contributed by atoms with E-state index in [4.69, 9.17) is 18.5 Å². The van der Waals surface area contributed by atoms with Gasteiger partial charge in [0, 0.05) is 12.8 Å². The minimum atomic E-state index is -4.35. The summed E-state index contributed by atoms with van der Waals surface area (Å²) in [4.78, 5) is 34.5. The fourth-order valence-corrected chi connectivity index (χ4v) is 4.61. The van der Waals surface area contributed by atoms with E-state index in [-0.39, 0.29) is 26.1 Å². The van der Waals surface area contributed by atoms with Crippen molar-refractivity contribution >= 4 is 19.8 Å². The molecule has 0 aliphatic heterocycles. The second kappa shape index (κ2) is 25.9. The maximum atomic E-state index is 12.5. The molecule has 0 spiro atoms. The summed E-state index contributed by atoms with van der Waals surface area (Å²) in [5.74, 6) is -0.848. The van der Waals surface area contributed by atoms with Crippen molar-refractivity contribution in [1.29, 1.82) is 0 Å². The topological polar surface area (TPSA) is 108 Å². The van der Waals surface area contributed by atoms with Crippen LogP contribution in [0, 0.1) is 0 Å². The lowest BCUT2D eigenvalue weighted by molar-refractivity contribution is -0.870. The van der Waals surface area contributed by atoms with Crippen LogP contribution in [-0.4, -0.2) is 74.9 Å². The van der Waals surface area contributed by atoms with Crippen molar-refractivity contribution in [1.82, 2.24) is 0 Å². The van der Waals surface area contributed by atoms with Crippen LogP contribution in [0.15, 0.2) is 24.3 Å². The number of hydrogen-bond donors (Lipinski definition) is 1. The van der Waals surface area contributed by atoms with Crippen LogP contribution >= 0.6 is 7.82 Å². The molecule has 1 N–H and O–H groups in total. The molecule has 2 atom stereocenters. The van der Waals surface area contributed by atoms with E-state index < -0.39 is 32.5 Å². The molecule has 0 saturated heterocycles. The van der Waals surface area contributed by atoms with Crippen molar-refractivity contribution < 1.29 is 42.1 Å². The average molecular weight is 619 g/mol. The number of carbonyl (C=O) groups excluding carboxylic acids is 2. The largest absolute Gasteiger partial charge is 0.472 e. The van der Waals surface area contributed by atoms with Crippen LogP contribution in [0.1, 0.15) is 117 Å². The highest BCUT2D eigenvalue weighted by Crippen LogP contribution is 2.43. The third kappa shape index (κ3) is 28.6. The van der Waals surface area contributed by atoms with Gasteiger partial charge < -0.3 is 18.9 Å². The minimum Gasteiger partial charge on any atom is -0.462 e. The summed E-state index contributed by atoms with van der Waals surface area (Å²) in [5, 5.41) is 0. The number of carbonyl (C=O) groups is 2. The van der Waals surface area contributed by atoms with E-state index in [0.717, 1.165) is 57.8 Å². The van der Waals surface area contributed by atoms with Gasteiger partial charge in [0.05, 0.1) is 27.7 Å². The van der Waals surface area contributed by atoms with Crippen molar-refractivity contribution in [3.8, 4) is 0 Å². The van der Waals surface area contributed by atoms with Gasteiger partial charge in [-0.15, -0.1) is 0 Å². The van der Waals surface area contributed by atoms with E-state index in [9.17, 15) is 19.0 Å². The molecule has 0 saturated carbocycles. The molecule has 0 bridgehead atoms. The number of nitrogens with zero attached hydrogens (tertiary/aromatic N) is 1.